The highest BCUT2D eigenvalue weighted by molar-refractivity contribution is 9.10. The van der Waals surface area contributed by atoms with Crippen LogP contribution >= 0.6 is 27.5 Å². The van der Waals surface area contributed by atoms with E-state index in [1.807, 2.05) is 53.9 Å². The van der Waals surface area contributed by atoms with E-state index in [0.717, 1.165) is 34.9 Å². The van der Waals surface area contributed by atoms with Crippen LogP contribution in [0.1, 0.15) is 27.6 Å². The van der Waals surface area contributed by atoms with Crippen molar-refractivity contribution in [3.63, 3.8) is 0 Å². The van der Waals surface area contributed by atoms with Crippen LogP contribution in [0.3, 0.4) is 0 Å². The molecule has 4 rings (SSSR count). The van der Waals surface area contributed by atoms with Crippen molar-refractivity contribution in [2.24, 2.45) is 0 Å². The van der Waals surface area contributed by atoms with Gasteiger partial charge in [0.1, 0.15) is 0 Å². The fourth-order valence-corrected chi connectivity index (χ4v) is 4.34. The standard InChI is InChI=1S/C23H25BrClN5O2/c1-28(2)14-21-26-27-22(15-29-9-11-32-12-10-29)30(21)20-8-7-16(24)13-18(20)23(31)17-5-3-4-6-19(17)25/h3-8,13H,9-12,14-15H2,1-2H3. The molecule has 0 spiro atoms. The zero-order valence-corrected chi connectivity index (χ0v) is 20.4. The summed E-state index contributed by atoms with van der Waals surface area (Å²) in [6.07, 6.45) is 0. The largest absolute Gasteiger partial charge is 0.379 e. The van der Waals surface area contributed by atoms with Gasteiger partial charge in [0, 0.05) is 28.7 Å². The van der Waals surface area contributed by atoms with E-state index < -0.39 is 0 Å². The number of halogens is 2. The first-order chi connectivity index (χ1) is 15.4. The molecule has 9 heteroatoms. The van der Waals surface area contributed by atoms with Gasteiger partial charge in [0.25, 0.3) is 0 Å². The van der Waals surface area contributed by atoms with Crippen molar-refractivity contribution in [3.8, 4) is 5.69 Å². The third-order valence-electron chi connectivity index (χ3n) is 5.29. The van der Waals surface area contributed by atoms with Crippen molar-refractivity contribution < 1.29 is 9.53 Å². The SMILES string of the molecule is CN(C)Cc1nnc(CN2CCOCC2)n1-c1ccc(Br)cc1C(=O)c1ccccc1Cl. The first kappa shape index (κ1) is 23.1. The molecule has 0 unspecified atom stereocenters. The van der Waals surface area contributed by atoms with Crippen LogP contribution in [0.5, 0.6) is 0 Å². The van der Waals surface area contributed by atoms with E-state index in [0.29, 0.717) is 42.5 Å². The zero-order chi connectivity index (χ0) is 22.7. The van der Waals surface area contributed by atoms with Crippen molar-refractivity contribution in [2.75, 3.05) is 40.4 Å². The van der Waals surface area contributed by atoms with Crippen molar-refractivity contribution in [1.82, 2.24) is 24.6 Å². The summed E-state index contributed by atoms with van der Waals surface area (Å²) in [6.45, 7) is 4.29. The highest BCUT2D eigenvalue weighted by atomic mass is 79.9. The van der Waals surface area contributed by atoms with Gasteiger partial charge in [-0.2, -0.15) is 0 Å². The second kappa shape index (κ2) is 10.2. The summed E-state index contributed by atoms with van der Waals surface area (Å²) in [5.74, 6) is 1.42. The minimum absolute atomic E-state index is 0.145. The number of rotatable bonds is 7. The lowest BCUT2D eigenvalue weighted by Gasteiger charge is -2.26. The smallest absolute Gasteiger partial charge is 0.196 e. The lowest BCUT2D eigenvalue weighted by molar-refractivity contribution is 0.0328. The molecular weight excluding hydrogens is 494 g/mol. The molecule has 0 saturated carbocycles. The molecule has 168 valence electrons. The Morgan fingerprint density at radius 3 is 2.53 bits per heavy atom. The molecule has 1 saturated heterocycles. The first-order valence-corrected chi connectivity index (χ1v) is 11.6. The van der Waals surface area contributed by atoms with Gasteiger partial charge in [-0.25, -0.2) is 0 Å². The molecular formula is C23H25BrClN5O2. The number of benzene rings is 2. The van der Waals surface area contributed by atoms with Gasteiger partial charge in [0.05, 0.1) is 37.0 Å². The monoisotopic (exact) mass is 517 g/mol. The molecule has 1 fully saturated rings. The number of carbonyl (C=O) groups is 1. The maximum Gasteiger partial charge on any atom is 0.196 e. The lowest BCUT2D eigenvalue weighted by atomic mass is 10.0. The van der Waals surface area contributed by atoms with Crippen molar-refractivity contribution in [3.05, 3.63) is 74.7 Å². The van der Waals surface area contributed by atoms with Gasteiger partial charge in [-0.15, -0.1) is 10.2 Å². The van der Waals surface area contributed by atoms with E-state index in [2.05, 4.69) is 31.0 Å². The Hall–Kier alpha value is -2.10. The van der Waals surface area contributed by atoms with Crippen LogP contribution in [0.4, 0.5) is 0 Å². The Morgan fingerprint density at radius 1 is 1.09 bits per heavy atom. The molecule has 3 aromatic rings. The third kappa shape index (κ3) is 5.10. The van der Waals surface area contributed by atoms with E-state index in [1.165, 1.54) is 0 Å². The molecule has 0 bridgehead atoms. The Morgan fingerprint density at radius 2 is 1.81 bits per heavy atom. The van der Waals surface area contributed by atoms with Crippen LogP contribution in [0, 0.1) is 0 Å². The van der Waals surface area contributed by atoms with Crippen LogP contribution < -0.4 is 0 Å². The van der Waals surface area contributed by atoms with Gasteiger partial charge >= 0.3 is 0 Å². The van der Waals surface area contributed by atoms with Gasteiger partial charge < -0.3 is 9.64 Å². The number of aromatic nitrogens is 3. The summed E-state index contributed by atoms with van der Waals surface area (Å²) >= 11 is 9.88. The fraction of sp³-hybridized carbons (Fsp3) is 0.348. The van der Waals surface area contributed by atoms with Gasteiger partial charge in [0.15, 0.2) is 17.4 Å². The van der Waals surface area contributed by atoms with Crippen LogP contribution in [0.25, 0.3) is 5.69 Å². The predicted octanol–water partition coefficient (Wildman–Crippen LogP) is 3.81. The number of morpholine rings is 1. The number of hydrogen-bond donors (Lipinski definition) is 0. The van der Waals surface area contributed by atoms with E-state index >= 15 is 0 Å². The number of ether oxygens (including phenoxy) is 1. The molecule has 0 atom stereocenters. The molecule has 0 aliphatic carbocycles. The first-order valence-electron chi connectivity index (χ1n) is 10.4. The summed E-state index contributed by atoms with van der Waals surface area (Å²) in [7, 11) is 3.97. The van der Waals surface area contributed by atoms with E-state index in [1.54, 1.807) is 12.1 Å². The van der Waals surface area contributed by atoms with Crippen LogP contribution in [0.2, 0.25) is 5.02 Å². The fourth-order valence-electron chi connectivity index (χ4n) is 3.75. The van der Waals surface area contributed by atoms with Gasteiger partial charge in [-0.1, -0.05) is 39.7 Å². The molecule has 1 aliphatic rings. The Labute approximate surface area is 201 Å². The second-order valence-corrected chi connectivity index (χ2v) is 9.29. The summed E-state index contributed by atoms with van der Waals surface area (Å²) in [5, 5.41) is 9.41. The molecule has 1 aromatic heterocycles. The van der Waals surface area contributed by atoms with Crippen molar-refractivity contribution in [2.45, 2.75) is 13.1 Å². The second-order valence-electron chi connectivity index (χ2n) is 7.96. The quantitative estimate of drug-likeness (QED) is 0.443. The summed E-state index contributed by atoms with van der Waals surface area (Å²) in [5.41, 5.74) is 1.74. The highest BCUT2D eigenvalue weighted by Gasteiger charge is 2.24. The molecule has 32 heavy (non-hydrogen) atoms. The lowest BCUT2D eigenvalue weighted by Crippen LogP contribution is -2.36. The summed E-state index contributed by atoms with van der Waals surface area (Å²) in [4.78, 5) is 17.9. The van der Waals surface area contributed by atoms with Crippen LogP contribution in [-0.4, -0.2) is 70.7 Å². The number of carbonyl (C=O) groups excluding carboxylic acids is 1. The van der Waals surface area contributed by atoms with E-state index in [9.17, 15) is 4.79 Å². The molecule has 7 nitrogen and oxygen atoms in total. The number of nitrogens with zero attached hydrogens (tertiary/aromatic N) is 5. The molecule has 0 amide bonds. The van der Waals surface area contributed by atoms with Crippen molar-refractivity contribution >= 4 is 33.3 Å². The number of ketones is 1. The van der Waals surface area contributed by atoms with Crippen LogP contribution in [-0.2, 0) is 17.8 Å². The predicted molar refractivity (Wildman–Crippen MR) is 127 cm³/mol. The molecule has 2 heterocycles. The van der Waals surface area contributed by atoms with Gasteiger partial charge in [0.2, 0.25) is 0 Å². The molecule has 0 radical (unpaired) electrons. The van der Waals surface area contributed by atoms with Crippen molar-refractivity contribution in [1.29, 1.82) is 0 Å². The highest BCUT2D eigenvalue weighted by Crippen LogP contribution is 2.28. The average Bonchev–Trinajstić information content (AvgIpc) is 3.15. The number of hydrogen-bond acceptors (Lipinski definition) is 6. The topological polar surface area (TPSA) is 63.5 Å². The average molecular weight is 519 g/mol. The maximum absolute atomic E-state index is 13.6. The minimum Gasteiger partial charge on any atom is -0.379 e. The Kier molecular flexibility index (Phi) is 7.37. The Bertz CT molecular complexity index is 1110. The van der Waals surface area contributed by atoms with Gasteiger partial charge in [-0.3, -0.25) is 14.3 Å². The van der Waals surface area contributed by atoms with E-state index in [-0.39, 0.29) is 5.78 Å². The van der Waals surface area contributed by atoms with Crippen LogP contribution in [0.15, 0.2) is 46.9 Å². The Balaban J connectivity index is 1.82. The van der Waals surface area contributed by atoms with E-state index in [4.69, 9.17) is 16.3 Å². The minimum atomic E-state index is -0.145. The zero-order valence-electron chi connectivity index (χ0n) is 18.1. The molecule has 2 aromatic carbocycles. The van der Waals surface area contributed by atoms with Gasteiger partial charge in [-0.05, 0) is 44.4 Å². The maximum atomic E-state index is 13.6. The summed E-state index contributed by atoms with van der Waals surface area (Å²) < 4.78 is 8.30. The molecule has 1 aliphatic heterocycles. The summed E-state index contributed by atoms with van der Waals surface area (Å²) in [6, 6.07) is 12.8. The normalized spacial score (nSPS) is 14.8. The third-order valence-corrected chi connectivity index (χ3v) is 6.11. The molecule has 0 N–H and O–H groups in total.